The Kier molecular flexibility index (Phi) is 8.31. The van der Waals surface area contributed by atoms with Crippen LogP contribution >= 0.6 is 0 Å². The minimum atomic E-state index is 0.315. The first-order chi connectivity index (χ1) is 9.76. The van der Waals surface area contributed by atoms with Gasteiger partial charge >= 0.3 is 0 Å². The van der Waals surface area contributed by atoms with E-state index in [1.54, 1.807) is 0 Å². The van der Waals surface area contributed by atoms with Crippen LogP contribution in [0.2, 0.25) is 0 Å². The van der Waals surface area contributed by atoms with Crippen molar-refractivity contribution in [3.8, 4) is 5.75 Å². The molecule has 0 aliphatic heterocycles. The van der Waals surface area contributed by atoms with Gasteiger partial charge in [-0.3, -0.25) is 4.90 Å². The molecule has 1 aromatic carbocycles. The van der Waals surface area contributed by atoms with E-state index in [1.165, 1.54) is 5.56 Å². The first-order valence-corrected chi connectivity index (χ1v) is 7.93. The number of hydrogen-bond donors (Lipinski definition) is 1. The van der Waals surface area contributed by atoms with Gasteiger partial charge in [0.15, 0.2) is 0 Å². The number of rotatable bonds is 10. The van der Waals surface area contributed by atoms with Gasteiger partial charge in [-0.1, -0.05) is 32.9 Å². The Labute approximate surface area is 124 Å². The third-order valence-electron chi connectivity index (χ3n) is 3.42. The maximum Gasteiger partial charge on any atom is 0.119 e. The Morgan fingerprint density at radius 2 is 1.60 bits per heavy atom. The summed E-state index contributed by atoms with van der Waals surface area (Å²) in [6, 6.07) is 8.74. The topological polar surface area (TPSA) is 38.5 Å². The number of nitrogens with two attached hydrogens (primary N) is 1. The summed E-state index contributed by atoms with van der Waals surface area (Å²) in [5.41, 5.74) is 7.30. The van der Waals surface area contributed by atoms with E-state index in [0.717, 1.165) is 44.7 Å². The highest BCUT2D eigenvalue weighted by molar-refractivity contribution is 5.29. The van der Waals surface area contributed by atoms with E-state index in [1.807, 2.05) is 0 Å². The lowest BCUT2D eigenvalue weighted by Gasteiger charge is -2.30. The highest BCUT2D eigenvalue weighted by Crippen LogP contribution is 2.23. The molecular formula is C17H30N2O. The predicted molar refractivity (Wildman–Crippen MR) is 86.2 cm³/mol. The molecule has 114 valence electrons. The van der Waals surface area contributed by atoms with Gasteiger partial charge in [0.25, 0.3) is 0 Å². The Morgan fingerprint density at radius 1 is 1.00 bits per heavy atom. The molecule has 1 rings (SSSR count). The van der Waals surface area contributed by atoms with Crippen molar-refractivity contribution in [3.63, 3.8) is 0 Å². The fourth-order valence-electron chi connectivity index (χ4n) is 2.50. The largest absolute Gasteiger partial charge is 0.494 e. The van der Waals surface area contributed by atoms with Gasteiger partial charge in [0.2, 0.25) is 0 Å². The Balaban J connectivity index is 2.76. The molecule has 0 spiro atoms. The van der Waals surface area contributed by atoms with E-state index >= 15 is 0 Å². The van der Waals surface area contributed by atoms with E-state index in [-0.39, 0.29) is 0 Å². The lowest BCUT2D eigenvalue weighted by molar-refractivity contribution is 0.202. The molecule has 0 aliphatic carbocycles. The molecule has 3 heteroatoms. The molecule has 0 aliphatic rings. The Morgan fingerprint density at radius 3 is 2.05 bits per heavy atom. The summed E-state index contributed by atoms with van der Waals surface area (Å²) < 4.78 is 5.63. The van der Waals surface area contributed by atoms with E-state index in [4.69, 9.17) is 10.5 Å². The molecule has 20 heavy (non-hydrogen) atoms. The zero-order chi connectivity index (χ0) is 14.8. The fraction of sp³-hybridized carbons (Fsp3) is 0.647. The van der Waals surface area contributed by atoms with Crippen LogP contribution in [0.5, 0.6) is 5.75 Å². The van der Waals surface area contributed by atoms with Crippen molar-refractivity contribution in [1.29, 1.82) is 0 Å². The lowest BCUT2D eigenvalue weighted by Crippen LogP contribution is -2.35. The second-order valence-corrected chi connectivity index (χ2v) is 5.20. The van der Waals surface area contributed by atoms with Crippen LogP contribution < -0.4 is 10.5 Å². The summed E-state index contributed by atoms with van der Waals surface area (Å²) in [6.07, 6.45) is 3.36. The zero-order valence-corrected chi connectivity index (χ0v) is 13.3. The van der Waals surface area contributed by atoms with Gasteiger partial charge in [0.05, 0.1) is 6.61 Å². The molecule has 0 heterocycles. The van der Waals surface area contributed by atoms with Crippen LogP contribution in [0.15, 0.2) is 24.3 Å². The number of nitrogens with zero attached hydrogens (tertiary/aromatic N) is 1. The molecule has 0 fully saturated rings. The average Bonchev–Trinajstić information content (AvgIpc) is 2.47. The van der Waals surface area contributed by atoms with Crippen molar-refractivity contribution < 1.29 is 4.74 Å². The van der Waals surface area contributed by atoms with E-state index < -0.39 is 0 Å². The summed E-state index contributed by atoms with van der Waals surface area (Å²) >= 11 is 0. The second-order valence-electron chi connectivity index (χ2n) is 5.20. The van der Waals surface area contributed by atoms with Gasteiger partial charge in [-0.25, -0.2) is 0 Å². The Bertz CT molecular complexity index is 345. The monoisotopic (exact) mass is 278 g/mol. The quantitative estimate of drug-likeness (QED) is 0.710. The Hall–Kier alpha value is -1.06. The van der Waals surface area contributed by atoms with E-state index in [0.29, 0.717) is 12.6 Å². The number of hydrogen-bond acceptors (Lipinski definition) is 3. The molecule has 1 atom stereocenters. The van der Waals surface area contributed by atoms with Gasteiger partial charge in [-0.05, 0) is 50.0 Å². The third-order valence-corrected chi connectivity index (χ3v) is 3.42. The number of benzene rings is 1. The predicted octanol–water partition coefficient (Wildman–Crippen LogP) is 3.60. The molecule has 2 N–H and O–H groups in total. The standard InChI is InChI=1S/C17H30N2O/c1-4-11-19(12-5-2)17(14-18)15-7-9-16(10-8-15)20-13-6-3/h7-10,17H,4-6,11-14,18H2,1-3H3. The minimum absolute atomic E-state index is 0.315. The van der Waals surface area contributed by atoms with Crippen LogP contribution in [0.4, 0.5) is 0 Å². The highest BCUT2D eigenvalue weighted by Gasteiger charge is 2.17. The molecule has 0 saturated heterocycles. The van der Waals surface area contributed by atoms with E-state index in [9.17, 15) is 0 Å². The maximum absolute atomic E-state index is 6.01. The first kappa shape index (κ1) is 17.0. The maximum atomic E-state index is 6.01. The summed E-state index contributed by atoms with van der Waals surface area (Å²) in [4.78, 5) is 2.49. The normalized spacial score (nSPS) is 12.7. The van der Waals surface area contributed by atoms with Crippen molar-refractivity contribution in [1.82, 2.24) is 4.90 Å². The number of ether oxygens (including phenoxy) is 1. The van der Waals surface area contributed by atoms with Crippen molar-refractivity contribution >= 4 is 0 Å². The van der Waals surface area contributed by atoms with E-state index in [2.05, 4.69) is 49.9 Å². The zero-order valence-electron chi connectivity index (χ0n) is 13.3. The molecule has 0 aromatic heterocycles. The summed E-state index contributed by atoms with van der Waals surface area (Å²) in [5, 5.41) is 0. The van der Waals surface area contributed by atoms with Crippen molar-refractivity contribution in [2.75, 3.05) is 26.2 Å². The van der Waals surface area contributed by atoms with Gasteiger partial charge in [-0.2, -0.15) is 0 Å². The molecule has 1 unspecified atom stereocenters. The average molecular weight is 278 g/mol. The van der Waals surface area contributed by atoms with Gasteiger partial charge in [0.1, 0.15) is 5.75 Å². The van der Waals surface area contributed by atoms with Crippen molar-refractivity contribution in [2.24, 2.45) is 5.73 Å². The molecule has 1 aromatic rings. The van der Waals surface area contributed by atoms with Crippen LogP contribution in [0.3, 0.4) is 0 Å². The van der Waals surface area contributed by atoms with Crippen molar-refractivity contribution in [2.45, 2.75) is 46.1 Å². The summed E-state index contributed by atoms with van der Waals surface area (Å²) in [7, 11) is 0. The third kappa shape index (κ3) is 5.14. The molecule has 0 bridgehead atoms. The van der Waals surface area contributed by atoms with Gasteiger partial charge in [0, 0.05) is 12.6 Å². The van der Waals surface area contributed by atoms with Gasteiger partial charge in [-0.15, -0.1) is 0 Å². The lowest BCUT2D eigenvalue weighted by atomic mass is 10.0. The minimum Gasteiger partial charge on any atom is -0.494 e. The smallest absolute Gasteiger partial charge is 0.119 e. The van der Waals surface area contributed by atoms with Crippen LogP contribution in [0.1, 0.15) is 51.6 Å². The van der Waals surface area contributed by atoms with Crippen molar-refractivity contribution in [3.05, 3.63) is 29.8 Å². The van der Waals surface area contributed by atoms with Crippen LogP contribution in [0, 0.1) is 0 Å². The van der Waals surface area contributed by atoms with Crippen LogP contribution in [0.25, 0.3) is 0 Å². The molecule has 0 radical (unpaired) electrons. The van der Waals surface area contributed by atoms with Crippen LogP contribution in [-0.2, 0) is 0 Å². The first-order valence-electron chi connectivity index (χ1n) is 7.93. The highest BCUT2D eigenvalue weighted by atomic mass is 16.5. The molecular weight excluding hydrogens is 248 g/mol. The second kappa shape index (κ2) is 9.78. The SMILES string of the molecule is CCCOc1ccc(C(CN)N(CCC)CCC)cc1. The molecule has 0 saturated carbocycles. The van der Waals surface area contributed by atoms with Gasteiger partial charge < -0.3 is 10.5 Å². The molecule has 0 amide bonds. The summed E-state index contributed by atoms with van der Waals surface area (Å²) in [6.45, 7) is 10.2. The summed E-state index contributed by atoms with van der Waals surface area (Å²) in [5.74, 6) is 0.948. The molecule has 3 nitrogen and oxygen atoms in total. The van der Waals surface area contributed by atoms with Crippen LogP contribution in [-0.4, -0.2) is 31.1 Å². The fourth-order valence-corrected chi connectivity index (χ4v) is 2.50.